The first-order valence-electron chi connectivity index (χ1n) is 9.68. The lowest BCUT2D eigenvalue weighted by Gasteiger charge is -2.17. The first-order chi connectivity index (χ1) is 12.4. The lowest BCUT2D eigenvalue weighted by atomic mass is 10.0. The van der Waals surface area contributed by atoms with Gasteiger partial charge >= 0.3 is 5.97 Å². The fourth-order valence-corrected chi connectivity index (χ4v) is 3.01. The Morgan fingerprint density at radius 2 is 1.96 bits per heavy atom. The van der Waals surface area contributed by atoms with E-state index in [1.165, 1.54) is 12.2 Å². The highest BCUT2D eigenvalue weighted by Crippen LogP contribution is 2.27. The minimum Gasteiger partial charge on any atom is -0.481 e. The number of aliphatic hydroxyl groups excluding tert-OH is 3. The number of ether oxygens (including phenoxy) is 1. The number of hydrogen-bond donors (Lipinski definition) is 4. The molecule has 0 radical (unpaired) electrons. The molecule has 0 aromatic rings. The van der Waals surface area contributed by atoms with Gasteiger partial charge in [-0.25, -0.2) is 0 Å². The SMILES string of the molecule is CCCCCC1OC(C(O)/C=C\C(O)C/C=C\CCCC(=O)O)CC1O. The second kappa shape index (κ2) is 13.0. The fourth-order valence-electron chi connectivity index (χ4n) is 3.01. The monoisotopic (exact) mass is 370 g/mol. The lowest BCUT2D eigenvalue weighted by molar-refractivity contribution is -0.137. The van der Waals surface area contributed by atoms with E-state index in [1.807, 2.05) is 12.2 Å². The molecule has 6 nitrogen and oxygen atoms in total. The van der Waals surface area contributed by atoms with E-state index in [1.54, 1.807) is 0 Å². The predicted molar refractivity (Wildman–Crippen MR) is 99.8 cm³/mol. The Morgan fingerprint density at radius 1 is 1.19 bits per heavy atom. The molecule has 0 aromatic carbocycles. The first-order valence-corrected chi connectivity index (χ1v) is 9.68. The van der Waals surface area contributed by atoms with Crippen molar-refractivity contribution >= 4 is 5.97 Å². The minimum absolute atomic E-state index is 0.145. The number of hydrogen-bond acceptors (Lipinski definition) is 5. The standard InChI is InChI=1S/C20H34O6/c1-2-3-6-10-18-17(23)14-19(26-18)16(22)13-12-15(21)9-7-4-5-8-11-20(24)25/h4,7,12-13,15-19,21-23H,2-3,5-6,8-11,14H2,1H3,(H,24,25)/b7-4-,13-12-. The third kappa shape index (κ3) is 9.48. The van der Waals surface area contributed by atoms with Crippen LogP contribution >= 0.6 is 0 Å². The molecular weight excluding hydrogens is 336 g/mol. The Morgan fingerprint density at radius 3 is 2.65 bits per heavy atom. The summed E-state index contributed by atoms with van der Waals surface area (Å²) < 4.78 is 5.76. The van der Waals surface area contributed by atoms with Crippen molar-refractivity contribution in [3.63, 3.8) is 0 Å². The van der Waals surface area contributed by atoms with E-state index < -0.39 is 30.4 Å². The number of allylic oxidation sites excluding steroid dienone is 1. The molecule has 6 heteroatoms. The molecule has 0 spiro atoms. The molecule has 1 aliphatic heterocycles. The van der Waals surface area contributed by atoms with Crippen LogP contribution in [-0.4, -0.2) is 56.9 Å². The van der Waals surface area contributed by atoms with E-state index in [2.05, 4.69) is 6.92 Å². The van der Waals surface area contributed by atoms with Gasteiger partial charge in [-0.05, 0) is 25.7 Å². The van der Waals surface area contributed by atoms with Crippen molar-refractivity contribution < 1.29 is 30.0 Å². The van der Waals surface area contributed by atoms with Crippen LogP contribution in [0.1, 0.15) is 64.7 Å². The van der Waals surface area contributed by atoms with Gasteiger partial charge in [-0.2, -0.15) is 0 Å². The Bertz CT molecular complexity index is 448. The van der Waals surface area contributed by atoms with Crippen LogP contribution in [0.25, 0.3) is 0 Å². The second-order valence-corrected chi connectivity index (χ2v) is 6.95. The van der Waals surface area contributed by atoms with Crippen LogP contribution in [0, 0.1) is 0 Å². The summed E-state index contributed by atoms with van der Waals surface area (Å²) >= 11 is 0. The molecule has 0 aliphatic carbocycles. The lowest BCUT2D eigenvalue weighted by Crippen LogP contribution is -2.25. The summed E-state index contributed by atoms with van der Waals surface area (Å²) in [5.74, 6) is -0.804. The summed E-state index contributed by atoms with van der Waals surface area (Å²) in [4.78, 5) is 10.4. The molecule has 5 unspecified atom stereocenters. The Labute approximate surface area is 156 Å². The van der Waals surface area contributed by atoms with Gasteiger partial charge in [0, 0.05) is 12.8 Å². The van der Waals surface area contributed by atoms with Crippen molar-refractivity contribution in [2.75, 3.05) is 0 Å². The van der Waals surface area contributed by atoms with E-state index in [0.717, 1.165) is 25.7 Å². The summed E-state index contributed by atoms with van der Waals surface area (Å²) in [6.07, 6.45) is 10.2. The highest BCUT2D eigenvalue weighted by molar-refractivity contribution is 5.66. The molecule has 0 amide bonds. The van der Waals surface area contributed by atoms with E-state index in [-0.39, 0.29) is 12.5 Å². The number of rotatable bonds is 13. The molecule has 4 N–H and O–H groups in total. The predicted octanol–water partition coefficient (Wildman–Crippen LogP) is 2.56. The van der Waals surface area contributed by atoms with E-state index in [4.69, 9.17) is 9.84 Å². The average Bonchev–Trinajstić information content (AvgIpc) is 2.97. The van der Waals surface area contributed by atoms with Crippen molar-refractivity contribution in [2.45, 2.75) is 95.2 Å². The molecule has 0 aromatic heterocycles. The van der Waals surface area contributed by atoms with Gasteiger partial charge in [0.05, 0.1) is 30.5 Å². The summed E-state index contributed by atoms with van der Waals surface area (Å²) in [6, 6.07) is 0. The van der Waals surface area contributed by atoms with Crippen molar-refractivity contribution in [2.24, 2.45) is 0 Å². The number of aliphatic carboxylic acids is 1. The van der Waals surface area contributed by atoms with Gasteiger partial charge in [-0.15, -0.1) is 0 Å². The molecule has 1 rings (SSSR count). The van der Waals surface area contributed by atoms with Crippen LogP contribution in [0.5, 0.6) is 0 Å². The Balaban J connectivity index is 2.27. The maximum atomic E-state index is 10.4. The van der Waals surface area contributed by atoms with Gasteiger partial charge < -0.3 is 25.2 Å². The number of carboxylic acid groups (broad SMARTS) is 1. The zero-order valence-corrected chi connectivity index (χ0v) is 15.7. The highest BCUT2D eigenvalue weighted by atomic mass is 16.5. The van der Waals surface area contributed by atoms with Crippen LogP contribution in [0.15, 0.2) is 24.3 Å². The van der Waals surface area contributed by atoms with E-state index in [0.29, 0.717) is 25.7 Å². The molecule has 0 bridgehead atoms. The zero-order valence-electron chi connectivity index (χ0n) is 15.7. The summed E-state index contributed by atoms with van der Waals surface area (Å²) in [6.45, 7) is 2.12. The maximum absolute atomic E-state index is 10.4. The Kier molecular flexibility index (Phi) is 11.4. The number of carbonyl (C=O) groups is 1. The minimum atomic E-state index is -0.852. The van der Waals surface area contributed by atoms with Gasteiger partial charge in [0.15, 0.2) is 0 Å². The van der Waals surface area contributed by atoms with Gasteiger partial charge in [0.2, 0.25) is 0 Å². The van der Waals surface area contributed by atoms with E-state index >= 15 is 0 Å². The molecule has 1 fully saturated rings. The summed E-state index contributed by atoms with van der Waals surface area (Å²) in [7, 11) is 0. The quantitative estimate of drug-likeness (QED) is 0.293. The van der Waals surface area contributed by atoms with Gasteiger partial charge in [0.25, 0.3) is 0 Å². The topological polar surface area (TPSA) is 107 Å². The third-order valence-electron chi connectivity index (χ3n) is 4.56. The molecule has 5 atom stereocenters. The fraction of sp³-hybridized carbons (Fsp3) is 0.750. The molecule has 0 saturated carbocycles. The smallest absolute Gasteiger partial charge is 0.303 e. The summed E-state index contributed by atoms with van der Waals surface area (Å²) in [5, 5.41) is 38.7. The number of aliphatic hydroxyl groups is 3. The zero-order chi connectivity index (χ0) is 19.4. The molecule has 1 saturated heterocycles. The molecule has 1 heterocycles. The largest absolute Gasteiger partial charge is 0.481 e. The van der Waals surface area contributed by atoms with Crippen LogP contribution in [0.3, 0.4) is 0 Å². The first kappa shape index (κ1) is 22.8. The van der Waals surface area contributed by atoms with Crippen molar-refractivity contribution in [3.05, 3.63) is 24.3 Å². The number of carboxylic acids is 1. The maximum Gasteiger partial charge on any atom is 0.303 e. The number of unbranched alkanes of at least 4 members (excludes halogenated alkanes) is 3. The molecular formula is C20H34O6. The molecule has 150 valence electrons. The van der Waals surface area contributed by atoms with Crippen LogP contribution in [0.2, 0.25) is 0 Å². The molecule has 1 aliphatic rings. The highest BCUT2D eigenvalue weighted by Gasteiger charge is 2.36. The Hall–Kier alpha value is -1.21. The van der Waals surface area contributed by atoms with Crippen LogP contribution in [0.4, 0.5) is 0 Å². The van der Waals surface area contributed by atoms with Crippen molar-refractivity contribution in [3.8, 4) is 0 Å². The average molecular weight is 370 g/mol. The van der Waals surface area contributed by atoms with Gasteiger partial charge in [0.1, 0.15) is 0 Å². The van der Waals surface area contributed by atoms with Crippen LogP contribution < -0.4 is 0 Å². The van der Waals surface area contributed by atoms with Crippen LogP contribution in [-0.2, 0) is 9.53 Å². The molecule has 26 heavy (non-hydrogen) atoms. The van der Waals surface area contributed by atoms with Gasteiger partial charge in [-0.3, -0.25) is 4.79 Å². The summed E-state index contributed by atoms with van der Waals surface area (Å²) in [5.41, 5.74) is 0. The van der Waals surface area contributed by atoms with Gasteiger partial charge in [-0.1, -0.05) is 50.5 Å². The normalized spacial score (nSPS) is 25.9. The van der Waals surface area contributed by atoms with E-state index in [9.17, 15) is 20.1 Å². The second-order valence-electron chi connectivity index (χ2n) is 6.95. The third-order valence-corrected chi connectivity index (χ3v) is 4.56. The van der Waals surface area contributed by atoms with Crippen molar-refractivity contribution in [1.82, 2.24) is 0 Å². The van der Waals surface area contributed by atoms with Crippen molar-refractivity contribution in [1.29, 1.82) is 0 Å².